The molecule has 4 rings (SSSR count). The first-order chi connectivity index (χ1) is 14.6. The minimum absolute atomic E-state index is 0.0215. The second-order valence-electron chi connectivity index (χ2n) is 7.41. The molecule has 0 saturated carbocycles. The minimum Gasteiger partial charge on any atom is -0.497 e. The molecule has 30 heavy (non-hydrogen) atoms. The lowest BCUT2D eigenvalue weighted by Gasteiger charge is -2.26. The number of amides is 1. The van der Waals surface area contributed by atoms with Crippen LogP contribution in [-0.2, 0) is 13.0 Å². The second kappa shape index (κ2) is 8.61. The zero-order valence-electron chi connectivity index (χ0n) is 17.6. The molecule has 156 valence electrons. The summed E-state index contributed by atoms with van der Waals surface area (Å²) in [6.45, 7) is 2.65. The summed E-state index contributed by atoms with van der Waals surface area (Å²) in [5.41, 5.74) is 4.65. The van der Waals surface area contributed by atoms with Gasteiger partial charge in [-0.15, -0.1) is 0 Å². The first kappa shape index (κ1) is 20.0. The number of methoxy groups -OCH3 is 2. The number of hydrogen-bond donors (Lipinski definition) is 1. The third kappa shape index (κ3) is 3.77. The van der Waals surface area contributed by atoms with Gasteiger partial charge in [-0.1, -0.05) is 24.3 Å². The molecule has 1 amide bonds. The summed E-state index contributed by atoms with van der Waals surface area (Å²) in [5, 5.41) is 7.75. The Kier molecular flexibility index (Phi) is 5.74. The number of nitrogens with zero attached hydrogens (tertiary/aromatic N) is 2. The van der Waals surface area contributed by atoms with E-state index in [1.54, 1.807) is 14.2 Å². The van der Waals surface area contributed by atoms with Crippen molar-refractivity contribution in [3.8, 4) is 22.8 Å². The highest BCUT2D eigenvalue weighted by atomic mass is 16.5. The first-order valence-electron chi connectivity index (χ1n) is 10.3. The highest BCUT2D eigenvalue weighted by molar-refractivity contribution is 5.94. The van der Waals surface area contributed by atoms with Crippen molar-refractivity contribution in [3.05, 3.63) is 65.4 Å². The molecular formula is C24H27N3O3. The Bertz CT molecular complexity index is 1060. The van der Waals surface area contributed by atoms with Crippen LogP contribution in [0.3, 0.4) is 0 Å². The average molecular weight is 405 g/mol. The van der Waals surface area contributed by atoms with Crippen molar-refractivity contribution >= 4 is 5.91 Å². The Hall–Kier alpha value is -3.28. The fraction of sp³-hybridized carbons (Fsp3) is 0.333. The van der Waals surface area contributed by atoms with Gasteiger partial charge < -0.3 is 14.8 Å². The number of ether oxygens (including phenoxy) is 2. The van der Waals surface area contributed by atoms with Crippen LogP contribution in [0.25, 0.3) is 11.3 Å². The number of carbonyl (C=O) groups excluding carboxylic acids is 1. The first-order valence-corrected chi connectivity index (χ1v) is 10.3. The summed E-state index contributed by atoms with van der Waals surface area (Å²) in [7, 11) is 3.25. The number of rotatable bonds is 6. The summed E-state index contributed by atoms with van der Waals surface area (Å²) in [5.74, 6) is 1.24. The lowest BCUT2D eigenvalue weighted by atomic mass is 9.87. The van der Waals surface area contributed by atoms with E-state index < -0.39 is 0 Å². The lowest BCUT2D eigenvalue weighted by Crippen LogP contribution is -2.31. The smallest absolute Gasteiger partial charge is 0.272 e. The van der Waals surface area contributed by atoms with Gasteiger partial charge in [0.05, 0.1) is 26.0 Å². The van der Waals surface area contributed by atoms with Crippen LogP contribution in [-0.4, -0.2) is 29.9 Å². The molecule has 2 aromatic carbocycles. The van der Waals surface area contributed by atoms with E-state index in [4.69, 9.17) is 9.47 Å². The van der Waals surface area contributed by atoms with Gasteiger partial charge in [0.25, 0.3) is 5.91 Å². The van der Waals surface area contributed by atoms with Gasteiger partial charge in [-0.25, -0.2) is 0 Å². The summed E-state index contributed by atoms with van der Waals surface area (Å²) in [6, 6.07) is 15.8. The molecule has 0 fully saturated rings. The van der Waals surface area contributed by atoms with Crippen LogP contribution in [0.2, 0.25) is 0 Å². The standard InChI is InChI=1S/C24H27N3O3/c1-4-27-22(19-13-12-17(29-2)14-23(19)30-3)15-21(26-27)24(28)25-20-11-7-9-16-8-5-6-10-18(16)20/h5-6,8,10,12-15,20H,4,7,9,11H2,1-3H3,(H,25,28). The van der Waals surface area contributed by atoms with Crippen LogP contribution in [0, 0.1) is 0 Å². The van der Waals surface area contributed by atoms with Crippen LogP contribution >= 0.6 is 0 Å². The summed E-state index contributed by atoms with van der Waals surface area (Å²) < 4.78 is 12.7. The highest BCUT2D eigenvalue weighted by Crippen LogP contribution is 2.34. The Morgan fingerprint density at radius 2 is 2.00 bits per heavy atom. The molecule has 1 N–H and O–H groups in total. The average Bonchev–Trinajstić information content (AvgIpc) is 3.23. The van der Waals surface area contributed by atoms with Crippen LogP contribution in [0.1, 0.15) is 47.4 Å². The van der Waals surface area contributed by atoms with Crippen molar-refractivity contribution in [3.63, 3.8) is 0 Å². The number of benzene rings is 2. The maximum Gasteiger partial charge on any atom is 0.272 e. The number of carbonyl (C=O) groups is 1. The zero-order chi connectivity index (χ0) is 21.1. The molecule has 1 aliphatic rings. The fourth-order valence-electron chi connectivity index (χ4n) is 4.13. The minimum atomic E-state index is -0.155. The largest absolute Gasteiger partial charge is 0.497 e. The van der Waals surface area contributed by atoms with Crippen LogP contribution in [0.5, 0.6) is 11.5 Å². The van der Waals surface area contributed by atoms with E-state index in [1.807, 2.05) is 41.9 Å². The van der Waals surface area contributed by atoms with E-state index in [2.05, 4.69) is 28.6 Å². The molecule has 6 heteroatoms. The van der Waals surface area contributed by atoms with Gasteiger partial charge in [0.2, 0.25) is 0 Å². The van der Waals surface area contributed by atoms with Gasteiger partial charge in [0.1, 0.15) is 11.5 Å². The Morgan fingerprint density at radius 3 is 2.77 bits per heavy atom. The molecule has 6 nitrogen and oxygen atoms in total. The normalized spacial score (nSPS) is 15.4. The van der Waals surface area contributed by atoms with Gasteiger partial charge in [0.15, 0.2) is 5.69 Å². The van der Waals surface area contributed by atoms with E-state index >= 15 is 0 Å². The SMILES string of the molecule is CCn1nc(C(=O)NC2CCCc3ccccc32)cc1-c1ccc(OC)cc1OC. The molecule has 1 aliphatic carbocycles. The van der Waals surface area contributed by atoms with Gasteiger partial charge >= 0.3 is 0 Å². The maximum absolute atomic E-state index is 13.1. The molecule has 0 spiro atoms. The maximum atomic E-state index is 13.1. The number of nitrogens with one attached hydrogen (secondary N) is 1. The van der Waals surface area contributed by atoms with E-state index in [-0.39, 0.29) is 11.9 Å². The summed E-state index contributed by atoms with van der Waals surface area (Å²) in [4.78, 5) is 13.1. The Morgan fingerprint density at radius 1 is 1.17 bits per heavy atom. The molecule has 3 aromatic rings. The van der Waals surface area contributed by atoms with Crippen LogP contribution in [0.4, 0.5) is 0 Å². The Labute approximate surface area is 176 Å². The number of hydrogen-bond acceptors (Lipinski definition) is 4. The van der Waals surface area contributed by atoms with Gasteiger partial charge in [-0.3, -0.25) is 9.48 Å². The zero-order valence-corrected chi connectivity index (χ0v) is 17.6. The van der Waals surface area contributed by atoms with Crippen molar-refractivity contribution in [2.75, 3.05) is 14.2 Å². The summed E-state index contributed by atoms with van der Waals surface area (Å²) >= 11 is 0. The number of aromatic nitrogens is 2. The molecule has 1 heterocycles. The van der Waals surface area contributed by atoms with Crippen LogP contribution in [0.15, 0.2) is 48.5 Å². The highest BCUT2D eigenvalue weighted by Gasteiger charge is 2.24. The van der Waals surface area contributed by atoms with Crippen molar-refractivity contribution in [1.29, 1.82) is 0 Å². The second-order valence-corrected chi connectivity index (χ2v) is 7.41. The quantitative estimate of drug-likeness (QED) is 0.660. The molecule has 0 bridgehead atoms. The Balaban J connectivity index is 1.63. The van der Waals surface area contributed by atoms with Gasteiger partial charge in [-0.05, 0) is 55.5 Å². The fourth-order valence-corrected chi connectivity index (χ4v) is 4.13. The third-order valence-electron chi connectivity index (χ3n) is 5.67. The summed E-state index contributed by atoms with van der Waals surface area (Å²) in [6.07, 6.45) is 3.07. The lowest BCUT2D eigenvalue weighted by molar-refractivity contribution is 0.0927. The van der Waals surface area contributed by atoms with E-state index in [0.29, 0.717) is 23.7 Å². The molecule has 1 atom stereocenters. The van der Waals surface area contributed by atoms with Crippen molar-refractivity contribution in [1.82, 2.24) is 15.1 Å². The monoisotopic (exact) mass is 405 g/mol. The molecule has 0 aliphatic heterocycles. The van der Waals surface area contributed by atoms with E-state index in [0.717, 1.165) is 30.5 Å². The topological polar surface area (TPSA) is 65.4 Å². The predicted octanol–water partition coefficient (Wildman–Crippen LogP) is 4.39. The van der Waals surface area contributed by atoms with E-state index in [9.17, 15) is 4.79 Å². The third-order valence-corrected chi connectivity index (χ3v) is 5.67. The molecule has 0 saturated heterocycles. The number of fused-ring (bicyclic) bond motifs is 1. The molecular weight excluding hydrogens is 378 g/mol. The van der Waals surface area contributed by atoms with Crippen molar-refractivity contribution in [2.45, 2.75) is 38.8 Å². The molecule has 1 unspecified atom stereocenters. The molecule has 1 aromatic heterocycles. The predicted molar refractivity (Wildman–Crippen MR) is 116 cm³/mol. The number of aryl methyl sites for hydroxylation is 2. The van der Waals surface area contributed by atoms with Crippen LogP contribution < -0.4 is 14.8 Å². The van der Waals surface area contributed by atoms with Crippen molar-refractivity contribution in [2.24, 2.45) is 0 Å². The van der Waals surface area contributed by atoms with Crippen molar-refractivity contribution < 1.29 is 14.3 Å². The van der Waals surface area contributed by atoms with E-state index in [1.165, 1.54) is 11.1 Å². The van der Waals surface area contributed by atoms with Gasteiger partial charge in [-0.2, -0.15) is 5.10 Å². The molecule has 0 radical (unpaired) electrons. The van der Waals surface area contributed by atoms with Gasteiger partial charge in [0, 0.05) is 18.2 Å².